The van der Waals surface area contributed by atoms with Gasteiger partial charge in [-0.2, -0.15) is 26.3 Å². The maximum absolute atomic E-state index is 13.2. The Morgan fingerprint density at radius 2 is 1.04 bits per heavy atom. The van der Waals surface area contributed by atoms with Gasteiger partial charge in [-0.1, -0.05) is 0 Å². The largest absolute Gasteiger partial charge is 0.480 e. The van der Waals surface area contributed by atoms with Crippen LogP contribution in [-0.4, -0.2) is 142 Å². The minimum atomic E-state index is -5.08. The maximum atomic E-state index is 13.2. The molecular formula is C25H33F6N4O10+. The Labute approximate surface area is 251 Å². The van der Waals surface area contributed by atoms with E-state index < -0.39 is 103 Å². The standard InChI is InChI=1S/C25H32F6N4O10/c26-24(27,28)17-7-16(8-18(9-17)25(29,30)31)10-32-1-5-35(14-22(42)43,15-23(44)45)6-4-33(11-19(36)37)2-3-34(12-20(38)39)13-21(40)41/h7-9,32H,1-6,10-15H2,(H4-,36,37,38,39,40,41,42,43,44,45)/p+1. The number of rotatable bonds is 21. The van der Waals surface area contributed by atoms with E-state index >= 15 is 0 Å². The lowest BCUT2D eigenvalue weighted by Gasteiger charge is -2.37. The van der Waals surface area contributed by atoms with E-state index in [1.807, 2.05) is 0 Å². The molecule has 0 aliphatic carbocycles. The number of nitrogens with zero attached hydrogens (tertiary/aromatic N) is 3. The predicted molar refractivity (Wildman–Crippen MR) is 139 cm³/mol. The van der Waals surface area contributed by atoms with E-state index in [2.05, 4.69) is 5.32 Å². The molecule has 1 rings (SSSR count). The number of carboxylic acid groups (broad SMARTS) is 5. The molecule has 1 aromatic carbocycles. The van der Waals surface area contributed by atoms with Crippen molar-refractivity contribution in [3.05, 3.63) is 34.9 Å². The summed E-state index contributed by atoms with van der Waals surface area (Å²) in [4.78, 5) is 59.1. The molecular weight excluding hydrogens is 630 g/mol. The minimum Gasteiger partial charge on any atom is -0.480 e. The Balaban J connectivity index is 3.14. The molecule has 0 aliphatic heterocycles. The number of hydrogen-bond acceptors (Lipinski definition) is 8. The molecule has 0 spiro atoms. The van der Waals surface area contributed by atoms with E-state index in [1.54, 1.807) is 0 Å². The van der Waals surface area contributed by atoms with Gasteiger partial charge >= 0.3 is 42.2 Å². The van der Waals surface area contributed by atoms with Gasteiger partial charge < -0.3 is 35.3 Å². The van der Waals surface area contributed by atoms with E-state index in [0.29, 0.717) is 12.1 Å². The van der Waals surface area contributed by atoms with Crippen molar-refractivity contribution in [1.82, 2.24) is 15.1 Å². The van der Waals surface area contributed by atoms with Crippen LogP contribution in [0.5, 0.6) is 0 Å². The van der Waals surface area contributed by atoms with Crippen LogP contribution in [0.4, 0.5) is 26.3 Å². The molecule has 20 heteroatoms. The van der Waals surface area contributed by atoms with Gasteiger partial charge in [0, 0.05) is 32.7 Å². The van der Waals surface area contributed by atoms with Crippen LogP contribution in [0.3, 0.4) is 0 Å². The summed E-state index contributed by atoms with van der Waals surface area (Å²) in [7, 11) is 0. The van der Waals surface area contributed by atoms with Gasteiger partial charge in [-0.3, -0.25) is 24.2 Å². The highest BCUT2D eigenvalue weighted by Gasteiger charge is 2.37. The number of carboxylic acids is 5. The first-order chi connectivity index (χ1) is 20.6. The Morgan fingerprint density at radius 1 is 0.622 bits per heavy atom. The number of quaternary nitrogens is 1. The summed E-state index contributed by atoms with van der Waals surface area (Å²) in [6.07, 6.45) is -10.2. The van der Waals surface area contributed by atoms with Crippen molar-refractivity contribution in [2.24, 2.45) is 0 Å². The average molecular weight is 664 g/mol. The molecule has 0 aliphatic rings. The normalized spacial score (nSPS) is 12.4. The number of alkyl halides is 6. The summed E-state index contributed by atoms with van der Waals surface area (Å²) in [5, 5.41) is 48.9. The van der Waals surface area contributed by atoms with Crippen molar-refractivity contribution in [2.75, 3.05) is 72.0 Å². The third-order valence-electron chi connectivity index (χ3n) is 6.38. The van der Waals surface area contributed by atoms with Crippen molar-refractivity contribution in [3.63, 3.8) is 0 Å². The van der Waals surface area contributed by atoms with Crippen molar-refractivity contribution in [2.45, 2.75) is 18.9 Å². The number of hydrogen-bond donors (Lipinski definition) is 6. The Hall–Kier alpha value is -4.01. The summed E-state index contributed by atoms with van der Waals surface area (Å²) < 4.78 is 78.3. The Morgan fingerprint density at radius 3 is 1.44 bits per heavy atom. The fourth-order valence-corrected chi connectivity index (χ4v) is 4.42. The molecule has 0 saturated heterocycles. The lowest BCUT2D eigenvalue weighted by atomic mass is 10.0. The Bertz CT molecular complexity index is 1150. The fraction of sp³-hybridized carbons (Fsp3) is 0.560. The van der Waals surface area contributed by atoms with Crippen LogP contribution in [0.1, 0.15) is 16.7 Å². The van der Waals surface area contributed by atoms with E-state index in [0.717, 1.165) is 4.90 Å². The van der Waals surface area contributed by atoms with Crippen LogP contribution in [0.25, 0.3) is 0 Å². The van der Waals surface area contributed by atoms with Crippen LogP contribution >= 0.6 is 0 Å². The predicted octanol–water partition coefficient (Wildman–Crippen LogP) is 0.658. The van der Waals surface area contributed by atoms with Gasteiger partial charge in [0.25, 0.3) is 0 Å². The van der Waals surface area contributed by atoms with Crippen LogP contribution < -0.4 is 5.32 Å². The summed E-state index contributed by atoms with van der Waals surface area (Å²) in [6.45, 7) is -5.77. The molecule has 14 nitrogen and oxygen atoms in total. The summed E-state index contributed by atoms with van der Waals surface area (Å²) in [6, 6.07) is 0.956. The van der Waals surface area contributed by atoms with Gasteiger partial charge in [-0.25, -0.2) is 9.59 Å². The number of aliphatic carboxylic acids is 5. The van der Waals surface area contributed by atoms with Crippen molar-refractivity contribution in [1.29, 1.82) is 0 Å². The van der Waals surface area contributed by atoms with E-state index in [1.165, 1.54) is 4.90 Å². The van der Waals surface area contributed by atoms with Crippen LogP contribution in [0.15, 0.2) is 18.2 Å². The van der Waals surface area contributed by atoms with Crippen molar-refractivity contribution in [3.8, 4) is 0 Å². The molecule has 254 valence electrons. The minimum absolute atomic E-state index is 0.0451. The van der Waals surface area contributed by atoms with E-state index in [9.17, 15) is 65.6 Å². The molecule has 1 aromatic rings. The highest BCUT2D eigenvalue weighted by molar-refractivity contribution is 5.72. The number of carbonyl (C=O) groups is 5. The zero-order valence-electron chi connectivity index (χ0n) is 23.6. The SMILES string of the molecule is O=C(O)CN(CCN(CC(=O)O)CC(=O)O)CC[N+](CCNCc1cc(C(F)(F)F)cc(C(F)(F)F)c1)(CC(=O)O)CC(=O)O. The molecule has 6 N–H and O–H groups in total. The third-order valence-corrected chi connectivity index (χ3v) is 6.38. The van der Waals surface area contributed by atoms with Crippen LogP contribution in [0.2, 0.25) is 0 Å². The van der Waals surface area contributed by atoms with Crippen LogP contribution in [0, 0.1) is 0 Å². The second-order valence-electron chi connectivity index (χ2n) is 10.2. The van der Waals surface area contributed by atoms with Crippen LogP contribution in [-0.2, 0) is 42.9 Å². The fourth-order valence-electron chi connectivity index (χ4n) is 4.42. The number of benzene rings is 1. The molecule has 0 amide bonds. The smallest absolute Gasteiger partial charge is 0.416 e. The summed E-state index contributed by atoms with van der Waals surface area (Å²) >= 11 is 0. The molecule has 0 fully saturated rings. The van der Waals surface area contributed by atoms with Crippen molar-refractivity contribution < 1.29 is 80.3 Å². The highest BCUT2D eigenvalue weighted by atomic mass is 19.4. The average Bonchev–Trinajstić information content (AvgIpc) is 2.85. The van der Waals surface area contributed by atoms with Crippen molar-refractivity contribution >= 4 is 29.8 Å². The first-order valence-corrected chi connectivity index (χ1v) is 13.0. The quantitative estimate of drug-likeness (QED) is 0.0609. The molecule has 0 heterocycles. The topological polar surface area (TPSA) is 205 Å². The molecule has 0 aromatic heterocycles. The molecule has 0 radical (unpaired) electrons. The first-order valence-electron chi connectivity index (χ1n) is 13.0. The zero-order valence-corrected chi connectivity index (χ0v) is 23.6. The van der Waals surface area contributed by atoms with E-state index in [-0.39, 0.29) is 45.3 Å². The van der Waals surface area contributed by atoms with Gasteiger partial charge in [0.2, 0.25) is 0 Å². The molecule has 0 saturated carbocycles. The zero-order chi connectivity index (χ0) is 34.6. The highest BCUT2D eigenvalue weighted by Crippen LogP contribution is 2.36. The summed E-state index contributed by atoms with van der Waals surface area (Å²) in [5.41, 5.74) is -3.48. The monoisotopic (exact) mass is 663 g/mol. The van der Waals surface area contributed by atoms with E-state index in [4.69, 9.17) is 10.2 Å². The lowest BCUT2D eigenvalue weighted by Crippen LogP contribution is -2.59. The van der Waals surface area contributed by atoms with Gasteiger partial charge in [-0.05, 0) is 23.8 Å². The van der Waals surface area contributed by atoms with Gasteiger partial charge in [0.15, 0.2) is 13.1 Å². The molecule has 0 atom stereocenters. The lowest BCUT2D eigenvalue weighted by molar-refractivity contribution is -0.913. The third kappa shape index (κ3) is 15.5. The molecule has 0 bridgehead atoms. The van der Waals surface area contributed by atoms with Gasteiger partial charge in [0.05, 0.1) is 43.9 Å². The molecule has 0 unspecified atom stereocenters. The summed E-state index contributed by atoms with van der Waals surface area (Å²) in [5.74, 6) is -6.97. The van der Waals surface area contributed by atoms with Gasteiger partial charge in [-0.15, -0.1) is 0 Å². The number of nitrogens with one attached hydrogen (secondary N) is 1. The second kappa shape index (κ2) is 16.9. The molecule has 45 heavy (non-hydrogen) atoms. The van der Waals surface area contributed by atoms with Gasteiger partial charge in [0.1, 0.15) is 0 Å². The Kier molecular flexibility index (Phi) is 14.6. The second-order valence-corrected chi connectivity index (χ2v) is 10.2. The first kappa shape index (κ1) is 39.0. The number of halogens is 6. The maximum Gasteiger partial charge on any atom is 0.416 e.